The molecule has 1 atom stereocenters. The number of ether oxygens (including phenoxy) is 1. The van der Waals surface area contributed by atoms with Gasteiger partial charge in [0.2, 0.25) is 0 Å². The van der Waals surface area contributed by atoms with Gasteiger partial charge in [0.1, 0.15) is 5.75 Å². The van der Waals surface area contributed by atoms with E-state index in [4.69, 9.17) is 27.8 Å². The topological polar surface area (TPSA) is 61.3 Å². The Morgan fingerprint density at radius 3 is 2.67 bits per heavy atom. The van der Waals surface area contributed by atoms with Crippen LogP contribution in [-0.4, -0.2) is 13.2 Å². The van der Waals surface area contributed by atoms with Gasteiger partial charge in [-0.25, -0.2) is 0 Å². The zero-order valence-electron chi connectivity index (χ0n) is 9.09. The van der Waals surface area contributed by atoms with Crippen LogP contribution in [-0.2, 0) is 0 Å². The highest BCUT2D eigenvalue weighted by Gasteiger charge is 2.13. The Morgan fingerprint density at radius 1 is 1.47 bits per heavy atom. The first-order valence-electron chi connectivity index (χ1n) is 4.98. The van der Waals surface area contributed by atoms with E-state index in [1.165, 1.54) is 0 Å². The first-order chi connectivity index (χ1) is 7.10. The monoisotopic (exact) mass is 228 g/mol. The maximum absolute atomic E-state index is 6.04. The van der Waals surface area contributed by atoms with Crippen LogP contribution in [0.5, 0.6) is 5.75 Å². The van der Waals surface area contributed by atoms with E-state index in [0.717, 1.165) is 16.9 Å². The summed E-state index contributed by atoms with van der Waals surface area (Å²) in [4.78, 5) is 0. The molecule has 1 rings (SSSR count). The van der Waals surface area contributed by atoms with E-state index >= 15 is 0 Å². The Bertz CT molecular complexity index is 342. The molecule has 4 heteroatoms. The van der Waals surface area contributed by atoms with Gasteiger partial charge in [0, 0.05) is 23.2 Å². The SMILES string of the molecule is CCOc1cc(C)c(Cl)cc1C(N)CN. The summed E-state index contributed by atoms with van der Waals surface area (Å²) in [5.41, 5.74) is 13.3. The molecule has 0 saturated heterocycles. The van der Waals surface area contributed by atoms with Crippen LogP contribution in [0.1, 0.15) is 24.1 Å². The normalized spacial score (nSPS) is 12.6. The molecular formula is C11H17ClN2O. The molecule has 0 aliphatic carbocycles. The van der Waals surface area contributed by atoms with Crippen LogP contribution >= 0.6 is 11.6 Å². The van der Waals surface area contributed by atoms with Gasteiger partial charge in [0.15, 0.2) is 0 Å². The van der Waals surface area contributed by atoms with Gasteiger partial charge in [-0.2, -0.15) is 0 Å². The van der Waals surface area contributed by atoms with Crippen molar-refractivity contribution in [3.8, 4) is 5.75 Å². The summed E-state index contributed by atoms with van der Waals surface area (Å²) >= 11 is 6.04. The lowest BCUT2D eigenvalue weighted by atomic mass is 10.0. The Labute approximate surface area is 95.4 Å². The highest BCUT2D eigenvalue weighted by atomic mass is 35.5. The molecule has 15 heavy (non-hydrogen) atoms. The predicted molar refractivity (Wildman–Crippen MR) is 63.3 cm³/mol. The standard InChI is InChI=1S/C11H17ClN2O/c1-3-15-11-4-7(2)9(12)5-8(11)10(14)6-13/h4-5,10H,3,6,13-14H2,1-2H3. The van der Waals surface area contributed by atoms with Crippen LogP contribution < -0.4 is 16.2 Å². The van der Waals surface area contributed by atoms with Gasteiger partial charge < -0.3 is 16.2 Å². The molecule has 1 aromatic rings. The van der Waals surface area contributed by atoms with Gasteiger partial charge >= 0.3 is 0 Å². The van der Waals surface area contributed by atoms with Crippen LogP contribution in [0.25, 0.3) is 0 Å². The van der Waals surface area contributed by atoms with E-state index in [1.54, 1.807) is 0 Å². The Morgan fingerprint density at radius 2 is 2.13 bits per heavy atom. The molecule has 0 aromatic heterocycles. The molecule has 0 heterocycles. The number of nitrogens with two attached hydrogens (primary N) is 2. The molecule has 0 radical (unpaired) electrons. The summed E-state index contributed by atoms with van der Waals surface area (Å²) < 4.78 is 5.50. The van der Waals surface area contributed by atoms with Gasteiger partial charge in [-0.05, 0) is 31.5 Å². The summed E-state index contributed by atoms with van der Waals surface area (Å²) in [6, 6.07) is 3.50. The van der Waals surface area contributed by atoms with Crippen LogP contribution in [0, 0.1) is 6.92 Å². The fraction of sp³-hybridized carbons (Fsp3) is 0.455. The molecule has 0 bridgehead atoms. The maximum Gasteiger partial charge on any atom is 0.124 e. The molecule has 1 unspecified atom stereocenters. The fourth-order valence-corrected chi connectivity index (χ4v) is 1.54. The summed E-state index contributed by atoms with van der Waals surface area (Å²) in [6.07, 6.45) is 0. The van der Waals surface area contributed by atoms with Crippen molar-refractivity contribution in [1.82, 2.24) is 0 Å². The van der Waals surface area contributed by atoms with Crippen LogP contribution in [0.2, 0.25) is 5.02 Å². The van der Waals surface area contributed by atoms with E-state index in [2.05, 4.69) is 0 Å². The van der Waals surface area contributed by atoms with Crippen LogP contribution in [0.4, 0.5) is 0 Å². The second kappa shape index (κ2) is 5.35. The highest BCUT2D eigenvalue weighted by Crippen LogP contribution is 2.30. The van der Waals surface area contributed by atoms with E-state index in [1.807, 2.05) is 26.0 Å². The Kier molecular flexibility index (Phi) is 4.39. The van der Waals surface area contributed by atoms with Crippen LogP contribution in [0.3, 0.4) is 0 Å². The largest absolute Gasteiger partial charge is 0.494 e. The lowest BCUT2D eigenvalue weighted by Crippen LogP contribution is -2.21. The van der Waals surface area contributed by atoms with Crippen molar-refractivity contribution in [2.24, 2.45) is 11.5 Å². The molecule has 0 spiro atoms. The maximum atomic E-state index is 6.04. The van der Waals surface area contributed by atoms with Gasteiger partial charge in [-0.1, -0.05) is 11.6 Å². The molecule has 0 fully saturated rings. The van der Waals surface area contributed by atoms with Crippen LogP contribution in [0.15, 0.2) is 12.1 Å². The number of benzene rings is 1. The second-order valence-electron chi connectivity index (χ2n) is 3.41. The van der Waals surface area contributed by atoms with E-state index in [-0.39, 0.29) is 6.04 Å². The number of halogens is 1. The third kappa shape index (κ3) is 2.84. The number of hydrogen-bond donors (Lipinski definition) is 2. The molecule has 0 amide bonds. The molecule has 0 aliphatic rings. The first-order valence-corrected chi connectivity index (χ1v) is 5.36. The van der Waals surface area contributed by atoms with Crippen molar-refractivity contribution in [2.45, 2.75) is 19.9 Å². The van der Waals surface area contributed by atoms with Crippen molar-refractivity contribution in [2.75, 3.05) is 13.2 Å². The quantitative estimate of drug-likeness (QED) is 0.829. The van der Waals surface area contributed by atoms with E-state index in [0.29, 0.717) is 18.2 Å². The van der Waals surface area contributed by atoms with Crippen molar-refractivity contribution >= 4 is 11.6 Å². The van der Waals surface area contributed by atoms with E-state index < -0.39 is 0 Å². The van der Waals surface area contributed by atoms with Gasteiger partial charge in [0.25, 0.3) is 0 Å². The predicted octanol–water partition coefficient (Wildman–Crippen LogP) is 2.01. The van der Waals surface area contributed by atoms with Gasteiger partial charge in [-0.3, -0.25) is 0 Å². The van der Waals surface area contributed by atoms with Gasteiger partial charge in [-0.15, -0.1) is 0 Å². The summed E-state index contributed by atoms with van der Waals surface area (Å²) in [6.45, 7) is 4.84. The number of hydrogen-bond acceptors (Lipinski definition) is 3. The van der Waals surface area contributed by atoms with Crippen molar-refractivity contribution in [3.63, 3.8) is 0 Å². The smallest absolute Gasteiger partial charge is 0.124 e. The van der Waals surface area contributed by atoms with Crippen molar-refractivity contribution in [3.05, 3.63) is 28.3 Å². The Balaban J connectivity index is 3.15. The fourth-order valence-electron chi connectivity index (χ4n) is 1.37. The molecule has 0 aliphatic heterocycles. The average Bonchev–Trinajstić information content (AvgIpc) is 2.22. The summed E-state index contributed by atoms with van der Waals surface area (Å²) in [5.74, 6) is 0.775. The zero-order valence-corrected chi connectivity index (χ0v) is 9.84. The minimum Gasteiger partial charge on any atom is -0.494 e. The third-order valence-corrected chi connectivity index (χ3v) is 2.65. The molecular weight excluding hydrogens is 212 g/mol. The summed E-state index contributed by atoms with van der Waals surface area (Å²) in [5, 5.41) is 0.692. The lowest BCUT2D eigenvalue weighted by Gasteiger charge is -2.16. The van der Waals surface area contributed by atoms with Crippen molar-refractivity contribution < 1.29 is 4.74 Å². The van der Waals surface area contributed by atoms with Gasteiger partial charge in [0.05, 0.1) is 6.61 Å². The zero-order chi connectivity index (χ0) is 11.4. The average molecular weight is 229 g/mol. The van der Waals surface area contributed by atoms with E-state index in [9.17, 15) is 0 Å². The van der Waals surface area contributed by atoms with Crippen molar-refractivity contribution in [1.29, 1.82) is 0 Å². The Hall–Kier alpha value is -0.770. The molecule has 4 N–H and O–H groups in total. The lowest BCUT2D eigenvalue weighted by molar-refractivity contribution is 0.334. The third-order valence-electron chi connectivity index (χ3n) is 2.24. The minimum absolute atomic E-state index is 0.232. The molecule has 3 nitrogen and oxygen atoms in total. The summed E-state index contributed by atoms with van der Waals surface area (Å²) in [7, 11) is 0. The first kappa shape index (κ1) is 12.3. The number of aryl methyl sites for hydroxylation is 1. The molecule has 1 aromatic carbocycles. The minimum atomic E-state index is -0.232. The highest BCUT2D eigenvalue weighted by molar-refractivity contribution is 6.31. The second-order valence-corrected chi connectivity index (χ2v) is 3.82. The number of rotatable bonds is 4. The molecule has 0 saturated carbocycles. The molecule has 84 valence electrons.